The SMILES string of the molecule is Cc1ccc(-c2ccc3c(N)c(C(=O)N4CCC(C(N)=O)CC4)sc3n2)cc1. The van der Waals surface area contributed by atoms with E-state index in [0.717, 1.165) is 21.5 Å². The van der Waals surface area contributed by atoms with E-state index in [0.29, 0.717) is 36.5 Å². The van der Waals surface area contributed by atoms with Gasteiger partial charge in [0.25, 0.3) is 5.91 Å². The quantitative estimate of drug-likeness (QED) is 0.712. The number of nitrogen functional groups attached to an aromatic ring is 1. The second-order valence-electron chi connectivity index (χ2n) is 7.23. The molecule has 4 N–H and O–H groups in total. The number of carbonyl (C=O) groups is 2. The first-order chi connectivity index (χ1) is 13.4. The number of pyridine rings is 1. The topological polar surface area (TPSA) is 102 Å². The van der Waals surface area contributed by atoms with Crippen LogP contribution in [0.3, 0.4) is 0 Å². The molecule has 2 aromatic heterocycles. The van der Waals surface area contributed by atoms with Crippen molar-refractivity contribution >= 4 is 39.1 Å². The van der Waals surface area contributed by atoms with E-state index in [1.165, 1.54) is 16.9 Å². The van der Waals surface area contributed by atoms with Crippen LogP contribution in [0.5, 0.6) is 0 Å². The van der Waals surface area contributed by atoms with Gasteiger partial charge in [0.2, 0.25) is 5.91 Å². The highest BCUT2D eigenvalue weighted by atomic mass is 32.1. The van der Waals surface area contributed by atoms with E-state index in [9.17, 15) is 9.59 Å². The van der Waals surface area contributed by atoms with Crippen LogP contribution in [0, 0.1) is 12.8 Å². The van der Waals surface area contributed by atoms with E-state index in [4.69, 9.17) is 16.5 Å². The molecule has 1 fully saturated rings. The van der Waals surface area contributed by atoms with Gasteiger partial charge in [0.15, 0.2) is 0 Å². The van der Waals surface area contributed by atoms with Gasteiger partial charge in [0.05, 0.1) is 11.4 Å². The molecule has 0 saturated carbocycles. The Morgan fingerprint density at radius 2 is 1.79 bits per heavy atom. The lowest BCUT2D eigenvalue weighted by atomic mass is 9.96. The number of aromatic nitrogens is 1. The number of benzene rings is 1. The summed E-state index contributed by atoms with van der Waals surface area (Å²) in [7, 11) is 0. The maximum atomic E-state index is 13.0. The van der Waals surface area contributed by atoms with Crippen molar-refractivity contribution < 1.29 is 9.59 Å². The number of thiophene rings is 1. The van der Waals surface area contributed by atoms with E-state index in [2.05, 4.69) is 12.1 Å². The molecule has 28 heavy (non-hydrogen) atoms. The summed E-state index contributed by atoms with van der Waals surface area (Å²) in [5.41, 5.74) is 15.2. The number of amides is 2. The van der Waals surface area contributed by atoms with Gasteiger partial charge in [0, 0.05) is 30.0 Å². The molecule has 0 atom stereocenters. The maximum absolute atomic E-state index is 13.0. The third kappa shape index (κ3) is 3.33. The van der Waals surface area contributed by atoms with Gasteiger partial charge >= 0.3 is 0 Å². The number of fused-ring (bicyclic) bond motifs is 1. The van der Waals surface area contributed by atoms with Crippen molar-refractivity contribution in [2.24, 2.45) is 11.7 Å². The van der Waals surface area contributed by atoms with Crippen molar-refractivity contribution in [3.05, 3.63) is 46.8 Å². The van der Waals surface area contributed by atoms with E-state index in [1.807, 2.05) is 31.2 Å². The van der Waals surface area contributed by atoms with Gasteiger partial charge in [-0.2, -0.15) is 0 Å². The monoisotopic (exact) mass is 394 g/mol. The molecule has 7 heteroatoms. The summed E-state index contributed by atoms with van der Waals surface area (Å²) in [5.74, 6) is -0.538. The van der Waals surface area contributed by atoms with Crippen molar-refractivity contribution in [1.82, 2.24) is 9.88 Å². The number of hydrogen-bond donors (Lipinski definition) is 2. The lowest BCUT2D eigenvalue weighted by Gasteiger charge is -2.30. The van der Waals surface area contributed by atoms with E-state index >= 15 is 0 Å². The molecule has 6 nitrogen and oxygen atoms in total. The molecule has 0 bridgehead atoms. The normalized spacial score (nSPS) is 15.1. The number of aryl methyl sites for hydroxylation is 1. The second-order valence-corrected chi connectivity index (χ2v) is 8.23. The molecule has 4 rings (SSSR count). The Morgan fingerprint density at radius 3 is 2.43 bits per heavy atom. The highest BCUT2D eigenvalue weighted by molar-refractivity contribution is 7.21. The number of primary amides is 1. The molecule has 0 radical (unpaired) electrons. The third-order valence-electron chi connectivity index (χ3n) is 5.32. The molecule has 0 aliphatic carbocycles. The van der Waals surface area contributed by atoms with Crippen LogP contribution in [0.1, 0.15) is 28.1 Å². The zero-order chi connectivity index (χ0) is 19.8. The Hall–Kier alpha value is -2.93. The van der Waals surface area contributed by atoms with Crippen LogP contribution in [0.4, 0.5) is 5.69 Å². The summed E-state index contributed by atoms with van der Waals surface area (Å²) >= 11 is 1.33. The molecular formula is C21H22N4O2S. The molecule has 3 heterocycles. The summed E-state index contributed by atoms with van der Waals surface area (Å²) in [5, 5.41) is 0.802. The fraction of sp³-hybridized carbons (Fsp3) is 0.286. The number of anilines is 1. The average molecular weight is 395 g/mol. The minimum atomic E-state index is -0.290. The summed E-state index contributed by atoms with van der Waals surface area (Å²) < 4.78 is 0. The van der Waals surface area contributed by atoms with Gasteiger partial charge in [0.1, 0.15) is 9.71 Å². The van der Waals surface area contributed by atoms with Crippen LogP contribution in [0.25, 0.3) is 21.5 Å². The highest BCUT2D eigenvalue weighted by Gasteiger charge is 2.29. The van der Waals surface area contributed by atoms with Crippen molar-refractivity contribution in [1.29, 1.82) is 0 Å². The fourth-order valence-corrected chi connectivity index (χ4v) is 4.61. The number of nitrogens with two attached hydrogens (primary N) is 2. The molecule has 3 aromatic rings. The molecule has 1 aromatic carbocycles. The van der Waals surface area contributed by atoms with Gasteiger partial charge in [-0.05, 0) is 31.9 Å². The fourth-order valence-electron chi connectivity index (χ4n) is 3.55. The largest absolute Gasteiger partial charge is 0.397 e. The number of nitrogens with zero attached hydrogens (tertiary/aromatic N) is 2. The zero-order valence-corrected chi connectivity index (χ0v) is 16.5. The predicted molar refractivity (Wildman–Crippen MR) is 112 cm³/mol. The van der Waals surface area contributed by atoms with Crippen LogP contribution in [-0.4, -0.2) is 34.8 Å². The number of likely N-dealkylation sites (tertiary alicyclic amines) is 1. The number of hydrogen-bond acceptors (Lipinski definition) is 5. The van der Waals surface area contributed by atoms with Crippen LogP contribution < -0.4 is 11.5 Å². The van der Waals surface area contributed by atoms with Crippen LogP contribution in [0.2, 0.25) is 0 Å². The molecule has 1 aliphatic heterocycles. The minimum absolute atomic E-state index is 0.0969. The molecule has 0 spiro atoms. The predicted octanol–water partition coefficient (Wildman–Crippen LogP) is 3.19. The van der Waals surface area contributed by atoms with Crippen molar-refractivity contribution in [2.75, 3.05) is 18.8 Å². The standard InChI is InChI=1S/C21H22N4O2S/c1-12-2-4-13(5-3-12)16-7-6-15-17(22)18(28-20(15)24-16)21(27)25-10-8-14(9-11-25)19(23)26/h2-7,14H,8-11,22H2,1H3,(H2,23,26). The first-order valence-electron chi connectivity index (χ1n) is 9.28. The molecule has 1 aliphatic rings. The van der Waals surface area contributed by atoms with Crippen molar-refractivity contribution in [2.45, 2.75) is 19.8 Å². The number of piperidine rings is 1. The van der Waals surface area contributed by atoms with Gasteiger partial charge in [-0.1, -0.05) is 29.8 Å². The van der Waals surface area contributed by atoms with Crippen LogP contribution >= 0.6 is 11.3 Å². The Kier molecular flexibility index (Phi) is 4.77. The number of carbonyl (C=O) groups excluding carboxylic acids is 2. The molecule has 1 saturated heterocycles. The maximum Gasteiger partial charge on any atom is 0.266 e. The Balaban J connectivity index is 1.61. The Labute approximate surface area is 167 Å². The van der Waals surface area contributed by atoms with Gasteiger partial charge in [-0.25, -0.2) is 4.98 Å². The summed E-state index contributed by atoms with van der Waals surface area (Å²) in [6.45, 7) is 3.08. The summed E-state index contributed by atoms with van der Waals surface area (Å²) in [6, 6.07) is 12.0. The van der Waals surface area contributed by atoms with Gasteiger partial charge in [-0.15, -0.1) is 11.3 Å². The zero-order valence-electron chi connectivity index (χ0n) is 15.6. The first kappa shape index (κ1) is 18.4. The first-order valence-corrected chi connectivity index (χ1v) is 10.1. The molecule has 0 unspecified atom stereocenters. The molecule has 144 valence electrons. The molecular weight excluding hydrogens is 372 g/mol. The minimum Gasteiger partial charge on any atom is -0.397 e. The lowest BCUT2D eigenvalue weighted by Crippen LogP contribution is -2.41. The van der Waals surface area contributed by atoms with E-state index in [1.54, 1.807) is 4.90 Å². The lowest BCUT2D eigenvalue weighted by molar-refractivity contribution is -0.123. The average Bonchev–Trinajstić information content (AvgIpc) is 3.04. The summed E-state index contributed by atoms with van der Waals surface area (Å²) in [6.07, 6.45) is 1.20. The van der Waals surface area contributed by atoms with Crippen molar-refractivity contribution in [3.8, 4) is 11.3 Å². The Morgan fingerprint density at radius 1 is 1.11 bits per heavy atom. The van der Waals surface area contributed by atoms with Crippen molar-refractivity contribution in [3.63, 3.8) is 0 Å². The Bertz CT molecular complexity index is 1050. The molecule has 2 amide bonds. The second kappa shape index (κ2) is 7.24. The summed E-state index contributed by atoms with van der Waals surface area (Å²) in [4.78, 5) is 32.1. The van der Waals surface area contributed by atoms with Gasteiger partial charge in [-0.3, -0.25) is 9.59 Å². The number of rotatable bonds is 3. The highest BCUT2D eigenvalue weighted by Crippen LogP contribution is 2.35. The van der Waals surface area contributed by atoms with Crippen LogP contribution in [-0.2, 0) is 4.79 Å². The van der Waals surface area contributed by atoms with Gasteiger partial charge < -0.3 is 16.4 Å². The van der Waals surface area contributed by atoms with Crippen LogP contribution in [0.15, 0.2) is 36.4 Å². The smallest absolute Gasteiger partial charge is 0.266 e. The third-order valence-corrected chi connectivity index (χ3v) is 6.42. The van der Waals surface area contributed by atoms with E-state index < -0.39 is 0 Å². The van der Waals surface area contributed by atoms with E-state index in [-0.39, 0.29) is 17.7 Å².